The van der Waals surface area contributed by atoms with Gasteiger partial charge in [0.15, 0.2) is 17.5 Å². The Morgan fingerprint density at radius 1 is 1.00 bits per heavy atom. The van der Waals surface area contributed by atoms with Crippen molar-refractivity contribution in [2.24, 2.45) is 4.99 Å². The Hall–Kier alpha value is -2.15. The first kappa shape index (κ1) is 20.9. The average molecular weight is 353 g/mol. The average Bonchev–Trinajstić information content (AvgIpc) is 2.65. The maximum absolute atomic E-state index is 5.50. The van der Waals surface area contributed by atoms with E-state index in [4.69, 9.17) is 18.9 Å². The van der Waals surface area contributed by atoms with Crippen molar-refractivity contribution in [1.82, 2.24) is 10.6 Å². The third kappa shape index (κ3) is 6.70. The van der Waals surface area contributed by atoms with Crippen LogP contribution >= 0.6 is 0 Å². The minimum absolute atomic E-state index is 0.612. The molecule has 0 saturated carbocycles. The van der Waals surface area contributed by atoms with Crippen molar-refractivity contribution >= 4 is 5.96 Å². The standard InChI is InChI=1S/C18H31N3O4/c1-6-25-13-7-11-20-18(19-2)21-12-10-14-8-9-15(22-3)17(24-5)16(14)23-4/h8-9H,6-7,10-13H2,1-5H3,(H2,19,20,21). The van der Waals surface area contributed by atoms with Gasteiger partial charge in [-0.3, -0.25) is 4.99 Å². The first-order valence-electron chi connectivity index (χ1n) is 8.51. The second-order valence-corrected chi connectivity index (χ2v) is 5.22. The van der Waals surface area contributed by atoms with Gasteiger partial charge in [-0.05, 0) is 25.8 Å². The zero-order chi connectivity index (χ0) is 18.5. The number of aliphatic imine (C=N–C) groups is 1. The van der Waals surface area contributed by atoms with E-state index in [0.29, 0.717) is 17.2 Å². The highest BCUT2D eigenvalue weighted by molar-refractivity contribution is 5.79. The number of nitrogens with one attached hydrogen (secondary N) is 2. The highest BCUT2D eigenvalue weighted by Crippen LogP contribution is 2.39. The van der Waals surface area contributed by atoms with E-state index in [-0.39, 0.29) is 0 Å². The maximum atomic E-state index is 5.50. The van der Waals surface area contributed by atoms with Crippen molar-refractivity contribution in [3.63, 3.8) is 0 Å². The molecule has 25 heavy (non-hydrogen) atoms. The summed E-state index contributed by atoms with van der Waals surface area (Å²) in [4.78, 5) is 4.22. The van der Waals surface area contributed by atoms with E-state index >= 15 is 0 Å². The highest BCUT2D eigenvalue weighted by atomic mass is 16.5. The van der Waals surface area contributed by atoms with Crippen molar-refractivity contribution in [3.8, 4) is 17.2 Å². The minimum atomic E-state index is 0.612. The Kier molecular flexibility index (Phi) is 10.2. The lowest BCUT2D eigenvalue weighted by Gasteiger charge is -2.16. The van der Waals surface area contributed by atoms with Crippen LogP contribution in [0.1, 0.15) is 18.9 Å². The van der Waals surface area contributed by atoms with Crippen LogP contribution in [-0.4, -0.2) is 60.6 Å². The molecule has 0 heterocycles. The number of guanidine groups is 1. The van der Waals surface area contributed by atoms with E-state index in [1.54, 1.807) is 28.4 Å². The number of hydrogen-bond acceptors (Lipinski definition) is 5. The normalized spacial score (nSPS) is 11.2. The number of methoxy groups -OCH3 is 3. The van der Waals surface area contributed by atoms with E-state index in [2.05, 4.69) is 15.6 Å². The molecule has 0 aromatic heterocycles. The van der Waals surface area contributed by atoms with Gasteiger partial charge in [-0.15, -0.1) is 0 Å². The highest BCUT2D eigenvalue weighted by Gasteiger charge is 2.15. The van der Waals surface area contributed by atoms with E-state index in [9.17, 15) is 0 Å². The van der Waals surface area contributed by atoms with Crippen LogP contribution in [0.3, 0.4) is 0 Å². The van der Waals surface area contributed by atoms with Crippen LogP contribution in [-0.2, 0) is 11.2 Å². The summed E-state index contributed by atoms with van der Waals surface area (Å²) in [5.74, 6) is 2.74. The van der Waals surface area contributed by atoms with Crippen LogP contribution in [0.4, 0.5) is 0 Å². The minimum Gasteiger partial charge on any atom is -0.493 e. The third-order valence-corrected chi connectivity index (χ3v) is 3.66. The van der Waals surface area contributed by atoms with Gasteiger partial charge in [-0.1, -0.05) is 6.07 Å². The van der Waals surface area contributed by atoms with Crippen LogP contribution in [0.15, 0.2) is 17.1 Å². The van der Waals surface area contributed by atoms with Crippen LogP contribution in [0.2, 0.25) is 0 Å². The molecule has 7 heteroatoms. The molecule has 2 N–H and O–H groups in total. The van der Waals surface area contributed by atoms with Crippen molar-refractivity contribution in [2.75, 3.05) is 54.7 Å². The molecule has 0 fully saturated rings. The van der Waals surface area contributed by atoms with E-state index in [1.807, 2.05) is 19.1 Å². The molecule has 0 bridgehead atoms. The summed E-state index contributed by atoms with van der Waals surface area (Å²) in [5, 5.41) is 6.56. The van der Waals surface area contributed by atoms with E-state index in [1.165, 1.54) is 0 Å². The van der Waals surface area contributed by atoms with Gasteiger partial charge in [0, 0.05) is 38.9 Å². The summed E-state index contributed by atoms with van der Waals surface area (Å²) in [6.45, 7) is 5.04. The number of ether oxygens (including phenoxy) is 4. The van der Waals surface area contributed by atoms with Gasteiger partial charge in [0.2, 0.25) is 5.75 Å². The number of hydrogen-bond donors (Lipinski definition) is 2. The number of benzene rings is 1. The van der Waals surface area contributed by atoms with Crippen molar-refractivity contribution < 1.29 is 18.9 Å². The lowest BCUT2D eigenvalue weighted by Crippen LogP contribution is -2.39. The zero-order valence-electron chi connectivity index (χ0n) is 16.0. The number of rotatable bonds is 11. The molecular formula is C18H31N3O4. The van der Waals surface area contributed by atoms with Crippen LogP contribution in [0, 0.1) is 0 Å². The Morgan fingerprint density at radius 2 is 1.72 bits per heavy atom. The quantitative estimate of drug-likeness (QED) is 0.359. The second kappa shape index (κ2) is 12.2. The molecule has 1 aromatic rings. The molecule has 0 spiro atoms. The fourth-order valence-corrected chi connectivity index (χ4v) is 2.42. The summed E-state index contributed by atoms with van der Waals surface area (Å²) >= 11 is 0. The smallest absolute Gasteiger partial charge is 0.203 e. The van der Waals surface area contributed by atoms with Gasteiger partial charge in [-0.25, -0.2) is 0 Å². The molecule has 0 atom stereocenters. The van der Waals surface area contributed by atoms with E-state index in [0.717, 1.165) is 50.7 Å². The number of nitrogens with zero attached hydrogens (tertiary/aromatic N) is 1. The van der Waals surface area contributed by atoms with Crippen molar-refractivity contribution in [1.29, 1.82) is 0 Å². The van der Waals surface area contributed by atoms with Gasteiger partial charge < -0.3 is 29.6 Å². The Labute approximate surface area is 150 Å². The maximum Gasteiger partial charge on any atom is 0.203 e. The first-order valence-corrected chi connectivity index (χ1v) is 8.51. The molecule has 0 aliphatic rings. The second-order valence-electron chi connectivity index (χ2n) is 5.22. The predicted molar refractivity (Wildman–Crippen MR) is 100 cm³/mol. The third-order valence-electron chi connectivity index (χ3n) is 3.66. The molecule has 0 aliphatic carbocycles. The van der Waals surface area contributed by atoms with Crippen LogP contribution in [0.5, 0.6) is 17.2 Å². The largest absolute Gasteiger partial charge is 0.493 e. The van der Waals surface area contributed by atoms with Crippen LogP contribution in [0.25, 0.3) is 0 Å². The van der Waals surface area contributed by atoms with Gasteiger partial charge >= 0.3 is 0 Å². The topological polar surface area (TPSA) is 73.3 Å². The van der Waals surface area contributed by atoms with Gasteiger partial charge in [0.05, 0.1) is 21.3 Å². The summed E-state index contributed by atoms with van der Waals surface area (Å²) in [7, 11) is 6.61. The Balaban J connectivity index is 2.54. The molecule has 142 valence electrons. The van der Waals surface area contributed by atoms with Crippen molar-refractivity contribution in [2.45, 2.75) is 19.8 Å². The molecule has 1 rings (SSSR count). The van der Waals surface area contributed by atoms with Crippen LogP contribution < -0.4 is 24.8 Å². The zero-order valence-corrected chi connectivity index (χ0v) is 16.0. The summed E-state index contributed by atoms with van der Waals surface area (Å²) < 4.78 is 21.5. The molecule has 0 saturated heterocycles. The lowest BCUT2D eigenvalue weighted by molar-refractivity contribution is 0.145. The molecule has 0 radical (unpaired) electrons. The molecule has 1 aromatic carbocycles. The Bertz CT molecular complexity index is 535. The van der Waals surface area contributed by atoms with Gasteiger partial charge in [0.25, 0.3) is 0 Å². The fraction of sp³-hybridized carbons (Fsp3) is 0.611. The summed E-state index contributed by atoms with van der Waals surface area (Å²) in [5.41, 5.74) is 1.04. The lowest BCUT2D eigenvalue weighted by atomic mass is 10.1. The molecular weight excluding hydrogens is 322 g/mol. The first-order chi connectivity index (χ1) is 12.2. The predicted octanol–water partition coefficient (Wildman–Crippen LogP) is 1.85. The monoisotopic (exact) mass is 353 g/mol. The summed E-state index contributed by atoms with van der Waals surface area (Å²) in [6.07, 6.45) is 1.71. The Morgan fingerprint density at radius 3 is 2.32 bits per heavy atom. The van der Waals surface area contributed by atoms with Crippen molar-refractivity contribution in [3.05, 3.63) is 17.7 Å². The van der Waals surface area contributed by atoms with Gasteiger partial charge in [-0.2, -0.15) is 0 Å². The molecule has 0 amide bonds. The summed E-state index contributed by atoms with van der Waals surface area (Å²) in [6, 6.07) is 3.87. The fourth-order valence-electron chi connectivity index (χ4n) is 2.42. The SMILES string of the molecule is CCOCCCNC(=NC)NCCc1ccc(OC)c(OC)c1OC. The molecule has 0 aliphatic heterocycles. The van der Waals surface area contributed by atoms with Gasteiger partial charge in [0.1, 0.15) is 0 Å². The molecule has 0 unspecified atom stereocenters. The molecule has 7 nitrogen and oxygen atoms in total. The van der Waals surface area contributed by atoms with E-state index < -0.39 is 0 Å².